The zero-order chi connectivity index (χ0) is 23.0. The van der Waals surface area contributed by atoms with Crippen LogP contribution in [0.4, 0.5) is 25.1 Å². The number of likely N-dealkylation sites (N-methyl/N-ethyl adjacent to an activating group) is 1. The Labute approximate surface area is 187 Å². The smallest absolute Gasteiger partial charge is 0.417 e. The molecule has 1 aliphatic heterocycles. The quantitative estimate of drug-likeness (QED) is 0.597. The van der Waals surface area contributed by atoms with Crippen molar-refractivity contribution in [2.45, 2.75) is 25.1 Å². The first kappa shape index (κ1) is 22.2. The van der Waals surface area contributed by atoms with Crippen LogP contribution in [0.3, 0.4) is 0 Å². The minimum atomic E-state index is -4.67. The Morgan fingerprint density at radius 2 is 1.88 bits per heavy atom. The molecule has 1 unspecified atom stereocenters. The molecule has 0 amide bonds. The van der Waals surface area contributed by atoms with E-state index in [-0.39, 0.29) is 34.3 Å². The number of nitrogens with zero attached hydrogens (tertiary/aromatic N) is 4. The summed E-state index contributed by atoms with van der Waals surface area (Å²) in [6.45, 7) is 1.84. The van der Waals surface area contributed by atoms with Crippen LogP contribution in [0, 0.1) is 0 Å². The van der Waals surface area contributed by atoms with Crippen molar-refractivity contribution >= 4 is 23.5 Å². The maximum Gasteiger partial charge on any atom is 0.417 e. The van der Waals surface area contributed by atoms with Crippen LogP contribution in [-0.4, -0.2) is 45.9 Å². The molecule has 3 aromatic rings. The fraction of sp³-hybridized carbons (Fsp3) is 0.333. The Balaban J connectivity index is 1.69. The fourth-order valence-corrected chi connectivity index (χ4v) is 4.19. The molecular weight excluding hydrogens is 445 g/mol. The van der Waals surface area contributed by atoms with Crippen molar-refractivity contribution in [3.8, 4) is 22.6 Å². The number of aromatic nitrogens is 3. The van der Waals surface area contributed by atoms with Gasteiger partial charge in [0, 0.05) is 12.1 Å². The summed E-state index contributed by atoms with van der Waals surface area (Å²) in [5.74, 6) is 0.298. The van der Waals surface area contributed by atoms with Crippen LogP contribution in [0.15, 0.2) is 36.4 Å². The molecule has 1 aromatic heterocycles. The number of hydrogen-bond acceptors (Lipinski definition) is 6. The first-order valence-electron chi connectivity index (χ1n) is 9.96. The summed E-state index contributed by atoms with van der Waals surface area (Å²) < 4.78 is 48.9. The lowest BCUT2D eigenvalue weighted by Gasteiger charge is -2.30. The number of piperidine rings is 1. The van der Waals surface area contributed by atoms with Crippen molar-refractivity contribution in [1.29, 1.82) is 0 Å². The molecule has 0 radical (unpaired) electrons. The molecule has 4 rings (SSSR count). The summed E-state index contributed by atoms with van der Waals surface area (Å²) in [5, 5.41) is 3.73. The third kappa shape index (κ3) is 4.61. The third-order valence-electron chi connectivity index (χ3n) is 5.30. The van der Waals surface area contributed by atoms with Crippen molar-refractivity contribution in [3.05, 3.63) is 47.0 Å². The summed E-state index contributed by atoms with van der Waals surface area (Å²) in [4.78, 5) is 5.91. The van der Waals surface area contributed by atoms with E-state index in [0.717, 1.165) is 36.7 Å². The Morgan fingerprint density at radius 3 is 2.47 bits per heavy atom. The number of alkyl halides is 3. The van der Waals surface area contributed by atoms with Gasteiger partial charge in [-0.25, -0.2) is 0 Å². The molecule has 1 saturated heterocycles. The highest BCUT2D eigenvalue weighted by Gasteiger charge is 2.36. The first-order valence-corrected chi connectivity index (χ1v) is 10.3. The molecule has 2 heterocycles. The molecule has 1 fully saturated rings. The number of nitrogen functional groups attached to an aromatic ring is 2. The molecule has 2 aromatic carbocycles. The second-order valence-electron chi connectivity index (χ2n) is 7.76. The fourth-order valence-electron chi connectivity index (χ4n) is 3.87. The van der Waals surface area contributed by atoms with E-state index in [1.54, 1.807) is 24.3 Å². The lowest BCUT2D eigenvalue weighted by Crippen LogP contribution is -2.38. The SMILES string of the molecule is CN1CCCC(Oc2ccc(-c3c(Cl)cc(-n4nc(N)nc4N)cc3C(F)(F)F)cc2)C1. The minimum absolute atomic E-state index is 0.00847. The number of hydrogen-bond donors (Lipinski definition) is 2. The molecule has 1 atom stereocenters. The van der Waals surface area contributed by atoms with Gasteiger partial charge in [-0.05, 0) is 56.3 Å². The maximum atomic E-state index is 14.0. The molecule has 0 saturated carbocycles. The molecular formula is C21H22ClF3N6O. The third-order valence-corrected chi connectivity index (χ3v) is 5.60. The maximum absolute atomic E-state index is 14.0. The summed E-state index contributed by atoms with van der Waals surface area (Å²) in [6, 6.07) is 8.72. The van der Waals surface area contributed by atoms with Gasteiger partial charge < -0.3 is 21.1 Å². The van der Waals surface area contributed by atoms with Crippen molar-refractivity contribution in [2.75, 3.05) is 31.6 Å². The first-order chi connectivity index (χ1) is 15.1. The van der Waals surface area contributed by atoms with Crippen LogP contribution < -0.4 is 16.2 Å². The zero-order valence-electron chi connectivity index (χ0n) is 17.2. The predicted molar refractivity (Wildman–Crippen MR) is 117 cm³/mol. The second kappa shape index (κ2) is 8.51. The van der Waals surface area contributed by atoms with Crippen molar-refractivity contribution in [1.82, 2.24) is 19.7 Å². The van der Waals surface area contributed by atoms with E-state index in [0.29, 0.717) is 11.3 Å². The van der Waals surface area contributed by atoms with Gasteiger partial charge in [0.05, 0.1) is 16.3 Å². The van der Waals surface area contributed by atoms with Crippen LogP contribution in [0.25, 0.3) is 16.8 Å². The molecule has 11 heteroatoms. The number of benzene rings is 2. The number of halogens is 4. The summed E-state index contributed by atoms with van der Waals surface area (Å²) >= 11 is 6.33. The van der Waals surface area contributed by atoms with Crippen molar-refractivity contribution in [2.24, 2.45) is 0 Å². The monoisotopic (exact) mass is 466 g/mol. The highest BCUT2D eigenvalue weighted by Crippen LogP contribution is 2.43. The summed E-state index contributed by atoms with van der Waals surface area (Å²) in [5.41, 5.74) is 10.5. The minimum Gasteiger partial charge on any atom is -0.489 e. The van der Waals surface area contributed by atoms with Gasteiger partial charge in [0.2, 0.25) is 11.9 Å². The van der Waals surface area contributed by atoms with Gasteiger partial charge >= 0.3 is 6.18 Å². The van der Waals surface area contributed by atoms with E-state index in [9.17, 15) is 13.2 Å². The number of likely N-dealkylation sites (tertiary alicyclic amines) is 1. The standard InChI is InChI=1S/C21H22ClF3N6O/c1-30-8-2-3-15(11-30)32-14-6-4-12(5-7-14)18-16(21(23,24)25)9-13(10-17(18)22)31-20(27)28-19(26)29-31/h4-7,9-10,15H,2-3,8,11H2,1H3,(H4,26,27,28,29). The van der Waals surface area contributed by atoms with E-state index in [2.05, 4.69) is 15.0 Å². The van der Waals surface area contributed by atoms with Crippen molar-refractivity contribution in [3.63, 3.8) is 0 Å². The summed E-state index contributed by atoms with van der Waals surface area (Å²) in [7, 11) is 2.03. The largest absolute Gasteiger partial charge is 0.489 e. The highest BCUT2D eigenvalue weighted by atomic mass is 35.5. The highest BCUT2D eigenvalue weighted by molar-refractivity contribution is 6.33. The van der Waals surface area contributed by atoms with Crippen LogP contribution in [0.5, 0.6) is 5.75 Å². The average molecular weight is 467 g/mol. The molecule has 4 N–H and O–H groups in total. The lowest BCUT2D eigenvalue weighted by atomic mass is 9.98. The van der Waals surface area contributed by atoms with Crippen LogP contribution >= 0.6 is 11.6 Å². The van der Waals surface area contributed by atoms with Gasteiger partial charge in [-0.3, -0.25) is 0 Å². The van der Waals surface area contributed by atoms with Gasteiger partial charge in [0.1, 0.15) is 11.9 Å². The van der Waals surface area contributed by atoms with E-state index in [4.69, 9.17) is 27.8 Å². The topological polar surface area (TPSA) is 95.2 Å². The molecule has 0 spiro atoms. The molecule has 1 aliphatic rings. The van der Waals surface area contributed by atoms with Gasteiger partial charge in [-0.1, -0.05) is 23.7 Å². The lowest BCUT2D eigenvalue weighted by molar-refractivity contribution is -0.137. The number of nitrogens with two attached hydrogens (primary N) is 2. The summed E-state index contributed by atoms with van der Waals surface area (Å²) in [6.07, 6.45) is -2.64. The van der Waals surface area contributed by atoms with E-state index in [1.807, 2.05) is 7.05 Å². The van der Waals surface area contributed by atoms with E-state index >= 15 is 0 Å². The van der Waals surface area contributed by atoms with Gasteiger partial charge in [0.25, 0.3) is 0 Å². The number of ether oxygens (including phenoxy) is 1. The molecule has 0 aliphatic carbocycles. The van der Waals surface area contributed by atoms with Gasteiger partial charge in [-0.15, -0.1) is 5.10 Å². The van der Waals surface area contributed by atoms with Gasteiger partial charge in [-0.2, -0.15) is 22.8 Å². The van der Waals surface area contributed by atoms with E-state index in [1.165, 1.54) is 6.07 Å². The zero-order valence-corrected chi connectivity index (χ0v) is 18.0. The van der Waals surface area contributed by atoms with Crippen LogP contribution in [-0.2, 0) is 6.18 Å². The predicted octanol–water partition coefficient (Wildman–Crippen LogP) is 4.24. The number of rotatable bonds is 4. The Kier molecular flexibility index (Phi) is 5.91. The molecule has 7 nitrogen and oxygen atoms in total. The Morgan fingerprint density at radius 1 is 1.16 bits per heavy atom. The normalized spacial score (nSPS) is 17.5. The van der Waals surface area contributed by atoms with Crippen molar-refractivity contribution < 1.29 is 17.9 Å². The average Bonchev–Trinajstić information content (AvgIpc) is 3.05. The molecule has 0 bridgehead atoms. The number of anilines is 2. The Hall–Kier alpha value is -2.98. The van der Waals surface area contributed by atoms with Gasteiger partial charge in [0.15, 0.2) is 0 Å². The van der Waals surface area contributed by atoms with E-state index < -0.39 is 11.7 Å². The van der Waals surface area contributed by atoms with Crippen LogP contribution in [0.1, 0.15) is 18.4 Å². The second-order valence-corrected chi connectivity index (χ2v) is 8.16. The Bertz CT molecular complexity index is 1120. The van der Waals surface area contributed by atoms with Crippen LogP contribution in [0.2, 0.25) is 5.02 Å². The molecule has 32 heavy (non-hydrogen) atoms. The molecule has 170 valence electrons.